The zero-order chi connectivity index (χ0) is 27.0. The van der Waals surface area contributed by atoms with E-state index < -0.39 is 11.7 Å². The molecule has 0 N–H and O–H groups in total. The van der Waals surface area contributed by atoms with Crippen LogP contribution in [0.3, 0.4) is 0 Å². The van der Waals surface area contributed by atoms with Gasteiger partial charge in [0.05, 0.1) is 18.2 Å². The third kappa shape index (κ3) is 5.35. The van der Waals surface area contributed by atoms with Gasteiger partial charge in [-0.2, -0.15) is 13.2 Å². The van der Waals surface area contributed by atoms with Gasteiger partial charge in [0.15, 0.2) is 0 Å². The molecule has 1 aromatic heterocycles. The first-order valence-electron chi connectivity index (χ1n) is 12.7. The largest absolute Gasteiger partial charge is 0.416 e. The SMILES string of the molecule is Cc1ccc([C@@H]2c3ccsc3CCN2CC(=O)N2CCN(C(=O)c3ccc(C(F)(F)F)cc3)[C@@H](C)C2)cc1. The second-order valence-corrected chi connectivity index (χ2v) is 11.1. The molecule has 2 aliphatic heterocycles. The summed E-state index contributed by atoms with van der Waals surface area (Å²) in [7, 11) is 0. The summed E-state index contributed by atoms with van der Waals surface area (Å²) in [5, 5.41) is 2.12. The standard InChI is InChI=1S/C29H30F3N3O2S/c1-19-3-5-21(6-4-19)27-24-12-16-38-25(24)11-13-34(27)18-26(36)33-14-15-35(20(2)17-33)28(37)22-7-9-23(10-8-22)29(30,31)32/h3-10,12,16,20,27H,11,13-15,17-18H2,1-2H3/t20-,27+/m0/s1. The van der Waals surface area contributed by atoms with Crippen molar-refractivity contribution in [1.29, 1.82) is 0 Å². The normalized spacial score (nSPS) is 20.3. The molecule has 0 aliphatic carbocycles. The van der Waals surface area contributed by atoms with E-state index in [2.05, 4.69) is 47.5 Å². The molecule has 5 rings (SSSR count). The van der Waals surface area contributed by atoms with Gasteiger partial charge in [-0.15, -0.1) is 11.3 Å². The van der Waals surface area contributed by atoms with Crippen molar-refractivity contribution in [2.24, 2.45) is 0 Å². The van der Waals surface area contributed by atoms with Crippen LogP contribution in [0.5, 0.6) is 0 Å². The van der Waals surface area contributed by atoms with E-state index in [-0.39, 0.29) is 36.0 Å². The lowest BCUT2D eigenvalue weighted by atomic mass is 9.92. The van der Waals surface area contributed by atoms with Crippen LogP contribution in [-0.4, -0.2) is 65.3 Å². The fraction of sp³-hybridized carbons (Fsp3) is 0.379. The van der Waals surface area contributed by atoms with Crippen LogP contribution in [0.2, 0.25) is 0 Å². The molecular weight excluding hydrogens is 511 g/mol. The van der Waals surface area contributed by atoms with Crippen LogP contribution in [0.1, 0.15) is 50.5 Å². The first-order valence-corrected chi connectivity index (χ1v) is 13.6. The quantitative estimate of drug-likeness (QED) is 0.445. The molecule has 38 heavy (non-hydrogen) atoms. The molecule has 0 spiro atoms. The Kier molecular flexibility index (Phi) is 7.33. The molecule has 2 amide bonds. The van der Waals surface area contributed by atoms with E-state index in [1.807, 2.05) is 6.92 Å². The zero-order valence-electron chi connectivity index (χ0n) is 21.4. The molecule has 3 aromatic rings. The molecule has 3 heterocycles. The Morgan fingerprint density at radius 2 is 1.68 bits per heavy atom. The van der Waals surface area contributed by atoms with Gasteiger partial charge in [-0.25, -0.2) is 0 Å². The van der Waals surface area contributed by atoms with Crippen molar-refractivity contribution in [2.75, 3.05) is 32.7 Å². The maximum absolute atomic E-state index is 13.4. The van der Waals surface area contributed by atoms with Crippen LogP contribution >= 0.6 is 11.3 Å². The van der Waals surface area contributed by atoms with E-state index in [4.69, 9.17) is 0 Å². The van der Waals surface area contributed by atoms with Crippen molar-refractivity contribution in [3.05, 3.63) is 92.7 Å². The number of fused-ring (bicyclic) bond motifs is 1. The number of hydrogen-bond acceptors (Lipinski definition) is 4. The highest BCUT2D eigenvalue weighted by Gasteiger charge is 2.35. The second-order valence-electron chi connectivity index (χ2n) is 10.1. The summed E-state index contributed by atoms with van der Waals surface area (Å²) in [4.78, 5) is 33.5. The summed E-state index contributed by atoms with van der Waals surface area (Å²) < 4.78 is 38.6. The molecule has 0 radical (unpaired) electrons. The number of hydrogen-bond donors (Lipinski definition) is 0. The molecule has 2 atom stereocenters. The number of aryl methyl sites for hydroxylation is 1. The van der Waals surface area contributed by atoms with E-state index in [0.29, 0.717) is 19.6 Å². The summed E-state index contributed by atoms with van der Waals surface area (Å²) in [5.74, 6) is -0.298. The maximum Gasteiger partial charge on any atom is 0.416 e. The topological polar surface area (TPSA) is 43.9 Å². The Morgan fingerprint density at radius 3 is 2.34 bits per heavy atom. The van der Waals surface area contributed by atoms with Gasteiger partial charge in [-0.05, 0) is 67.1 Å². The summed E-state index contributed by atoms with van der Waals surface area (Å²) in [6.07, 6.45) is -3.53. The number of piperazine rings is 1. The molecule has 1 saturated heterocycles. The second kappa shape index (κ2) is 10.5. The number of carbonyl (C=O) groups excluding carboxylic acids is 2. The Balaban J connectivity index is 1.25. The first kappa shape index (κ1) is 26.4. The number of carbonyl (C=O) groups is 2. The summed E-state index contributed by atoms with van der Waals surface area (Å²) in [6.45, 7) is 6.12. The summed E-state index contributed by atoms with van der Waals surface area (Å²) in [5.41, 5.74) is 3.05. The van der Waals surface area contributed by atoms with E-state index in [1.54, 1.807) is 21.1 Å². The van der Waals surface area contributed by atoms with Gasteiger partial charge in [0.2, 0.25) is 5.91 Å². The van der Waals surface area contributed by atoms with Crippen molar-refractivity contribution >= 4 is 23.2 Å². The number of halogens is 3. The number of amides is 2. The number of alkyl halides is 3. The van der Waals surface area contributed by atoms with Crippen molar-refractivity contribution in [3.8, 4) is 0 Å². The molecular formula is C29H30F3N3O2S. The smallest absolute Gasteiger partial charge is 0.338 e. The molecule has 200 valence electrons. The third-order valence-corrected chi connectivity index (χ3v) is 8.49. The van der Waals surface area contributed by atoms with Gasteiger partial charge < -0.3 is 9.80 Å². The number of rotatable bonds is 4. The average molecular weight is 542 g/mol. The van der Waals surface area contributed by atoms with Gasteiger partial charge in [0.25, 0.3) is 5.91 Å². The molecule has 0 saturated carbocycles. The molecule has 0 bridgehead atoms. The molecule has 1 fully saturated rings. The highest BCUT2D eigenvalue weighted by atomic mass is 32.1. The Hall–Kier alpha value is -3.17. The lowest BCUT2D eigenvalue weighted by Crippen LogP contribution is -2.57. The molecule has 2 aromatic carbocycles. The molecule has 0 unspecified atom stereocenters. The van der Waals surface area contributed by atoms with Crippen molar-refractivity contribution in [3.63, 3.8) is 0 Å². The monoisotopic (exact) mass is 541 g/mol. The predicted molar refractivity (Wildman–Crippen MR) is 141 cm³/mol. The lowest BCUT2D eigenvalue weighted by Gasteiger charge is -2.42. The van der Waals surface area contributed by atoms with Crippen molar-refractivity contribution in [2.45, 2.75) is 38.5 Å². The van der Waals surface area contributed by atoms with Gasteiger partial charge >= 0.3 is 6.18 Å². The van der Waals surface area contributed by atoms with Crippen LogP contribution in [-0.2, 0) is 17.4 Å². The van der Waals surface area contributed by atoms with E-state index >= 15 is 0 Å². The molecule has 9 heteroatoms. The number of nitrogens with zero attached hydrogens (tertiary/aromatic N) is 3. The minimum Gasteiger partial charge on any atom is -0.338 e. The van der Waals surface area contributed by atoms with E-state index in [1.165, 1.54) is 33.7 Å². The van der Waals surface area contributed by atoms with E-state index in [0.717, 1.165) is 25.1 Å². The van der Waals surface area contributed by atoms with Crippen LogP contribution in [0, 0.1) is 6.92 Å². The van der Waals surface area contributed by atoms with Crippen LogP contribution in [0.25, 0.3) is 0 Å². The van der Waals surface area contributed by atoms with Crippen LogP contribution < -0.4 is 0 Å². The Morgan fingerprint density at radius 1 is 0.974 bits per heavy atom. The van der Waals surface area contributed by atoms with E-state index in [9.17, 15) is 22.8 Å². The van der Waals surface area contributed by atoms with Gasteiger partial charge in [0, 0.05) is 42.7 Å². The zero-order valence-corrected chi connectivity index (χ0v) is 22.2. The molecule has 2 aliphatic rings. The highest BCUT2D eigenvalue weighted by Crippen LogP contribution is 2.38. The number of thiophene rings is 1. The predicted octanol–water partition coefficient (Wildman–Crippen LogP) is 5.40. The van der Waals surface area contributed by atoms with Crippen molar-refractivity contribution in [1.82, 2.24) is 14.7 Å². The Bertz CT molecular complexity index is 1300. The average Bonchev–Trinajstić information content (AvgIpc) is 3.37. The third-order valence-electron chi connectivity index (χ3n) is 7.50. The fourth-order valence-corrected chi connectivity index (χ4v) is 6.31. The maximum atomic E-state index is 13.4. The minimum atomic E-state index is -4.45. The van der Waals surface area contributed by atoms with Crippen molar-refractivity contribution < 1.29 is 22.8 Å². The minimum absolute atomic E-state index is 0.0225. The summed E-state index contributed by atoms with van der Waals surface area (Å²) in [6, 6.07) is 14.7. The van der Waals surface area contributed by atoms with Crippen LogP contribution in [0.4, 0.5) is 13.2 Å². The van der Waals surface area contributed by atoms with Gasteiger partial charge in [0.1, 0.15) is 0 Å². The van der Waals surface area contributed by atoms with Gasteiger partial charge in [-0.1, -0.05) is 29.8 Å². The van der Waals surface area contributed by atoms with Gasteiger partial charge in [-0.3, -0.25) is 14.5 Å². The summed E-state index contributed by atoms with van der Waals surface area (Å²) >= 11 is 1.76. The first-order chi connectivity index (χ1) is 18.1. The Labute approximate surface area is 224 Å². The lowest BCUT2D eigenvalue weighted by molar-refractivity contribution is -0.137. The highest BCUT2D eigenvalue weighted by molar-refractivity contribution is 7.10. The van der Waals surface area contributed by atoms with Crippen LogP contribution in [0.15, 0.2) is 60.0 Å². The number of benzene rings is 2. The fourth-order valence-electron chi connectivity index (χ4n) is 5.40. The molecule has 5 nitrogen and oxygen atoms in total.